The number of thiazole rings is 1. The molecule has 2 aromatic carbocycles. The van der Waals surface area contributed by atoms with Gasteiger partial charge in [-0.3, -0.25) is 25.0 Å². The number of hydrogen-bond acceptors (Lipinski definition) is 7. The molecule has 0 aliphatic rings. The third kappa shape index (κ3) is 4.05. The van der Waals surface area contributed by atoms with Gasteiger partial charge in [0.15, 0.2) is 5.13 Å². The topological polar surface area (TPSA) is 127 Å². The first-order chi connectivity index (χ1) is 12.5. The van der Waals surface area contributed by atoms with Crippen molar-refractivity contribution in [1.82, 2.24) is 10.4 Å². The van der Waals surface area contributed by atoms with Gasteiger partial charge in [-0.25, -0.2) is 10.4 Å². The van der Waals surface area contributed by atoms with Crippen LogP contribution in [0.5, 0.6) is 0 Å². The molecule has 2 amide bonds. The number of carbonyl (C=O) groups is 2. The third-order valence-corrected chi connectivity index (χ3v) is 4.13. The van der Waals surface area contributed by atoms with Gasteiger partial charge in [-0.05, 0) is 12.1 Å². The molecule has 0 unspecified atom stereocenters. The lowest BCUT2D eigenvalue weighted by Gasteiger charge is -1.99. The van der Waals surface area contributed by atoms with Crippen LogP contribution < -0.4 is 10.7 Å². The minimum absolute atomic E-state index is 0.103. The average Bonchev–Trinajstić information content (AvgIpc) is 3.04. The van der Waals surface area contributed by atoms with Gasteiger partial charge < -0.3 is 0 Å². The van der Waals surface area contributed by atoms with Crippen LogP contribution in [0.4, 0.5) is 10.8 Å². The minimum Gasteiger partial charge on any atom is -0.294 e. The van der Waals surface area contributed by atoms with Gasteiger partial charge in [0.25, 0.3) is 5.69 Å². The summed E-state index contributed by atoms with van der Waals surface area (Å²) >= 11 is 1.24. The summed E-state index contributed by atoms with van der Waals surface area (Å²) in [7, 11) is 0. The standard InChI is InChI=1S/C16H11N5O4S/c22-14(19-16-18-12-6-1-2-7-13(12)26-16)15(23)20-17-9-10-4-3-5-11(8-10)21(24)25/h1-9H,(H,20,23)(H,18,19,22)/b17-9+. The first-order valence-electron chi connectivity index (χ1n) is 7.27. The second kappa shape index (κ2) is 7.49. The Morgan fingerprint density at radius 3 is 2.73 bits per heavy atom. The predicted octanol–water partition coefficient (Wildman–Crippen LogP) is 2.29. The molecule has 1 aromatic heterocycles. The summed E-state index contributed by atoms with van der Waals surface area (Å²) in [6, 6.07) is 13.0. The molecule has 130 valence electrons. The number of anilines is 1. The van der Waals surface area contributed by atoms with Gasteiger partial charge in [-0.2, -0.15) is 5.10 Å². The molecule has 9 nitrogen and oxygen atoms in total. The second-order valence-electron chi connectivity index (χ2n) is 4.99. The Labute approximate surface area is 150 Å². The first kappa shape index (κ1) is 17.2. The number of nitro groups is 1. The molecule has 0 aliphatic carbocycles. The zero-order valence-electron chi connectivity index (χ0n) is 13.1. The highest BCUT2D eigenvalue weighted by atomic mass is 32.1. The summed E-state index contributed by atoms with van der Waals surface area (Å²) in [5.74, 6) is -1.90. The van der Waals surface area contributed by atoms with Crippen LogP contribution in [-0.2, 0) is 9.59 Å². The SMILES string of the molecule is O=C(N/N=C/c1cccc([N+](=O)[O-])c1)C(=O)Nc1nc2ccccc2s1. The maximum Gasteiger partial charge on any atom is 0.329 e. The third-order valence-electron chi connectivity index (χ3n) is 3.18. The molecule has 0 saturated carbocycles. The van der Waals surface area contributed by atoms with Crippen LogP contribution in [-0.4, -0.2) is 27.9 Å². The lowest BCUT2D eigenvalue weighted by molar-refractivity contribution is -0.384. The van der Waals surface area contributed by atoms with Gasteiger partial charge in [-0.1, -0.05) is 35.6 Å². The fraction of sp³-hybridized carbons (Fsp3) is 0. The average molecular weight is 369 g/mol. The van der Waals surface area contributed by atoms with Crippen molar-refractivity contribution in [2.24, 2.45) is 5.10 Å². The monoisotopic (exact) mass is 369 g/mol. The quantitative estimate of drug-likeness (QED) is 0.316. The van der Waals surface area contributed by atoms with Crippen molar-refractivity contribution in [3.63, 3.8) is 0 Å². The number of hydrazone groups is 1. The van der Waals surface area contributed by atoms with E-state index in [-0.39, 0.29) is 5.69 Å². The van der Waals surface area contributed by atoms with Crippen LogP contribution in [0.3, 0.4) is 0 Å². The molecule has 0 radical (unpaired) electrons. The molecular formula is C16H11N5O4S. The van der Waals surface area contributed by atoms with Crippen LogP contribution in [0.25, 0.3) is 10.2 Å². The highest BCUT2D eigenvalue weighted by Crippen LogP contribution is 2.25. The number of aromatic nitrogens is 1. The van der Waals surface area contributed by atoms with E-state index in [1.165, 1.54) is 35.8 Å². The number of hydrogen-bond donors (Lipinski definition) is 2. The summed E-state index contributed by atoms with van der Waals surface area (Å²) in [5, 5.41) is 17.0. The number of carbonyl (C=O) groups excluding carboxylic acids is 2. The molecule has 10 heteroatoms. The number of non-ortho nitro benzene ring substituents is 1. The van der Waals surface area contributed by atoms with Crippen molar-refractivity contribution in [2.75, 3.05) is 5.32 Å². The Kier molecular flexibility index (Phi) is 4.94. The van der Waals surface area contributed by atoms with Gasteiger partial charge in [-0.15, -0.1) is 0 Å². The Bertz CT molecular complexity index is 997. The van der Waals surface area contributed by atoms with Crippen molar-refractivity contribution in [2.45, 2.75) is 0 Å². The highest BCUT2D eigenvalue weighted by molar-refractivity contribution is 7.22. The molecule has 0 atom stereocenters. The molecule has 0 fully saturated rings. The normalized spacial score (nSPS) is 10.8. The Morgan fingerprint density at radius 2 is 1.96 bits per heavy atom. The Balaban J connectivity index is 1.59. The van der Waals surface area contributed by atoms with Gasteiger partial charge >= 0.3 is 11.8 Å². The van der Waals surface area contributed by atoms with E-state index in [1.807, 2.05) is 18.2 Å². The number of para-hydroxylation sites is 1. The molecule has 0 saturated heterocycles. The van der Waals surface area contributed by atoms with Crippen molar-refractivity contribution in [3.05, 3.63) is 64.2 Å². The maximum absolute atomic E-state index is 11.9. The van der Waals surface area contributed by atoms with Crippen LogP contribution in [0.15, 0.2) is 53.6 Å². The lowest BCUT2D eigenvalue weighted by Crippen LogP contribution is -2.32. The molecule has 0 aliphatic heterocycles. The minimum atomic E-state index is -0.981. The number of amides is 2. The number of fused-ring (bicyclic) bond motifs is 1. The van der Waals surface area contributed by atoms with Crippen LogP contribution in [0, 0.1) is 10.1 Å². The summed E-state index contributed by atoms with van der Waals surface area (Å²) in [5.41, 5.74) is 3.08. The number of nitrogens with one attached hydrogen (secondary N) is 2. The van der Waals surface area contributed by atoms with E-state index < -0.39 is 16.7 Å². The van der Waals surface area contributed by atoms with E-state index in [9.17, 15) is 19.7 Å². The second-order valence-corrected chi connectivity index (χ2v) is 6.02. The first-order valence-corrected chi connectivity index (χ1v) is 8.09. The molecular weight excluding hydrogens is 358 g/mol. The zero-order valence-corrected chi connectivity index (χ0v) is 13.9. The van der Waals surface area contributed by atoms with Crippen molar-refractivity contribution < 1.29 is 14.5 Å². The van der Waals surface area contributed by atoms with E-state index in [0.717, 1.165) is 10.2 Å². The van der Waals surface area contributed by atoms with Crippen molar-refractivity contribution in [1.29, 1.82) is 0 Å². The van der Waals surface area contributed by atoms with Crippen LogP contribution in [0.1, 0.15) is 5.56 Å². The van der Waals surface area contributed by atoms with Crippen molar-refractivity contribution >= 4 is 50.4 Å². The number of rotatable bonds is 4. The van der Waals surface area contributed by atoms with Gasteiger partial charge in [0, 0.05) is 17.7 Å². The predicted molar refractivity (Wildman–Crippen MR) is 97.1 cm³/mol. The molecule has 1 heterocycles. The molecule has 3 rings (SSSR count). The zero-order chi connectivity index (χ0) is 18.5. The smallest absolute Gasteiger partial charge is 0.294 e. The molecule has 0 spiro atoms. The van der Waals surface area contributed by atoms with E-state index >= 15 is 0 Å². The maximum atomic E-state index is 11.9. The number of nitro benzene ring substituents is 1. The summed E-state index contributed by atoms with van der Waals surface area (Å²) in [6.07, 6.45) is 1.20. The van der Waals surface area contributed by atoms with E-state index in [2.05, 4.69) is 20.8 Å². The molecule has 0 bridgehead atoms. The summed E-state index contributed by atoms with van der Waals surface area (Å²) in [4.78, 5) is 38.0. The van der Waals surface area contributed by atoms with E-state index in [0.29, 0.717) is 10.7 Å². The summed E-state index contributed by atoms with van der Waals surface area (Å²) < 4.78 is 0.881. The van der Waals surface area contributed by atoms with Gasteiger partial charge in [0.1, 0.15) is 0 Å². The largest absolute Gasteiger partial charge is 0.329 e. The lowest BCUT2D eigenvalue weighted by atomic mass is 10.2. The Hall–Kier alpha value is -3.66. The van der Waals surface area contributed by atoms with Gasteiger partial charge in [0.05, 0.1) is 21.4 Å². The van der Waals surface area contributed by atoms with E-state index in [1.54, 1.807) is 12.1 Å². The number of benzene rings is 2. The molecule has 3 aromatic rings. The van der Waals surface area contributed by atoms with E-state index in [4.69, 9.17) is 0 Å². The van der Waals surface area contributed by atoms with Gasteiger partial charge in [0.2, 0.25) is 0 Å². The van der Waals surface area contributed by atoms with Crippen LogP contribution in [0.2, 0.25) is 0 Å². The summed E-state index contributed by atoms with van der Waals surface area (Å²) in [6.45, 7) is 0. The number of nitrogens with zero attached hydrogens (tertiary/aromatic N) is 3. The van der Waals surface area contributed by atoms with Crippen LogP contribution >= 0.6 is 11.3 Å². The highest BCUT2D eigenvalue weighted by Gasteiger charge is 2.15. The molecule has 2 N–H and O–H groups in total. The molecule has 26 heavy (non-hydrogen) atoms. The Morgan fingerprint density at radius 1 is 1.15 bits per heavy atom. The fourth-order valence-corrected chi connectivity index (χ4v) is 2.88. The fourth-order valence-electron chi connectivity index (χ4n) is 2.01. The van der Waals surface area contributed by atoms with Crippen molar-refractivity contribution in [3.8, 4) is 0 Å².